The topological polar surface area (TPSA) is 113 Å². The third kappa shape index (κ3) is 5.05. The summed E-state index contributed by atoms with van der Waals surface area (Å²) in [5.41, 5.74) is 7.64. The van der Waals surface area contributed by atoms with Crippen LogP contribution >= 0.6 is 0 Å². The number of hydrogen-bond donors (Lipinski definition) is 4. The van der Waals surface area contributed by atoms with Gasteiger partial charge >= 0.3 is 0 Å². The van der Waals surface area contributed by atoms with Crippen LogP contribution in [0.1, 0.15) is 36.8 Å². The Morgan fingerprint density at radius 1 is 1.04 bits per heavy atom. The molecule has 5 N–H and O–H groups in total. The van der Waals surface area contributed by atoms with E-state index in [1.54, 1.807) is 0 Å². The van der Waals surface area contributed by atoms with Crippen molar-refractivity contribution in [1.29, 1.82) is 0 Å². The van der Waals surface area contributed by atoms with Crippen LogP contribution in [0.2, 0.25) is 0 Å². The molecule has 142 valence electrons. The third-order valence-electron chi connectivity index (χ3n) is 5.06. The van der Waals surface area contributed by atoms with Crippen LogP contribution in [0.4, 0.5) is 5.69 Å². The minimum absolute atomic E-state index is 0.0652. The molecule has 7 nitrogen and oxygen atoms in total. The van der Waals surface area contributed by atoms with E-state index in [0.29, 0.717) is 0 Å². The van der Waals surface area contributed by atoms with Gasteiger partial charge in [-0.05, 0) is 49.9 Å². The molecule has 0 aliphatic heterocycles. The van der Waals surface area contributed by atoms with Crippen molar-refractivity contribution >= 4 is 23.4 Å². The number of nitrogens with one attached hydrogen (secondary N) is 3. The molecule has 0 radical (unpaired) electrons. The summed E-state index contributed by atoms with van der Waals surface area (Å²) in [5, 5.41) is 8.20. The summed E-state index contributed by atoms with van der Waals surface area (Å²) in [7, 11) is 0. The Hall–Kier alpha value is -2.41. The van der Waals surface area contributed by atoms with E-state index in [-0.39, 0.29) is 37.4 Å². The monoisotopic (exact) mass is 360 g/mol. The molecule has 1 aromatic carbocycles. The van der Waals surface area contributed by atoms with E-state index in [1.165, 1.54) is 5.56 Å². The SMILES string of the molecule is Cc1ccc(NC(=O)C2(CNC(=O)CNC(=O)CN)CCCC2)cc1C. The molecule has 1 aliphatic carbocycles. The van der Waals surface area contributed by atoms with Crippen LogP contribution in [0.5, 0.6) is 0 Å². The molecule has 0 unspecified atom stereocenters. The standard InChI is InChI=1S/C19H28N4O3/c1-13-5-6-15(9-14(13)2)23-18(26)19(7-3-4-8-19)12-22-17(25)11-21-16(24)10-20/h5-6,9H,3-4,7-8,10-12,20H2,1-2H3,(H,21,24)(H,22,25)(H,23,26). The summed E-state index contributed by atoms with van der Waals surface area (Å²) >= 11 is 0. The molecule has 0 aromatic heterocycles. The fourth-order valence-corrected chi connectivity index (χ4v) is 3.20. The number of benzene rings is 1. The maximum absolute atomic E-state index is 12.9. The minimum atomic E-state index is -0.605. The first kappa shape index (κ1) is 19.9. The van der Waals surface area contributed by atoms with E-state index in [1.807, 2.05) is 32.0 Å². The summed E-state index contributed by atoms with van der Waals surface area (Å²) < 4.78 is 0. The highest BCUT2D eigenvalue weighted by Gasteiger charge is 2.41. The fraction of sp³-hybridized carbons (Fsp3) is 0.526. The van der Waals surface area contributed by atoms with Gasteiger partial charge in [-0.1, -0.05) is 18.9 Å². The lowest BCUT2D eigenvalue weighted by Gasteiger charge is -2.28. The fourth-order valence-electron chi connectivity index (χ4n) is 3.20. The molecule has 0 atom stereocenters. The first-order valence-corrected chi connectivity index (χ1v) is 8.98. The third-order valence-corrected chi connectivity index (χ3v) is 5.06. The number of anilines is 1. The second-order valence-electron chi connectivity index (χ2n) is 7.00. The molecule has 1 fully saturated rings. The van der Waals surface area contributed by atoms with E-state index >= 15 is 0 Å². The summed E-state index contributed by atoms with van der Waals surface area (Å²) in [5.74, 6) is -0.773. The summed E-state index contributed by atoms with van der Waals surface area (Å²) in [6, 6.07) is 5.83. The summed E-state index contributed by atoms with van der Waals surface area (Å²) in [6.07, 6.45) is 3.39. The van der Waals surface area contributed by atoms with Gasteiger partial charge in [-0.3, -0.25) is 14.4 Å². The predicted octanol–water partition coefficient (Wildman–Crippen LogP) is 0.993. The number of hydrogen-bond acceptors (Lipinski definition) is 4. The van der Waals surface area contributed by atoms with Crippen LogP contribution in [0.3, 0.4) is 0 Å². The molecule has 26 heavy (non-hydrogen) atoms. The van der Waals surface area contributed by atoms with Gasteiger partial charge in [0.05, 0.1) is 18.5 Å². The average Bonchev–Trinajstić information content (AvgIpc) is 3.11. The van der Waals surface area contributed by atoms with Crippen molar-refractivity contribution in [2.45, 2.75) is 39.5 Å². The second-order valence-corrected chi connectivity index (χ2v) is 7.00. The number of nitrogens with two attached hydrogens (primary N) is 1. The molecule has 7 heteroatoms. The Kier molecular flexibility index (Phi) is 6.74. The Morgan fingerprint density at radius 2 is 1.73 bits per heavy atom. The van der Waals surface area contributed by atoms with E-state index in [0.717, 1.165) is 36.9 Å². The molecular formula is C19H28N4O3. The molecule has 3 amide bonds. The van der Waals surface area contributed by atoms with Crippen LogP contribution in [0, 0.1) is 19.3 Å². The first-order valence-electron chi connectivity index (χ1n) is 8.98. The molecule has 1 aromatic rings. The first-order chi connectivity index (χ1) is 12.4. The van der Waals surface area contributed by atoms with Crippen molar-refractivity contribution in [2.75, 3.05) is 25.0 Å². The lowest BCUT2D eigenvalue weighted by Crippen LogP contribution is -2.47. The van der Waals surface area contributed by atoms with Crippen molar-refractivity contribution in [3.63, 3.8) is 0 Å². The molecule has 2 rings (SSSR count). The summed E-state index contributed by atoms with van der Waals surface area (Å²) in [6.45, 7) is 4.01. The number of carbonyl (C=O) groups is 3. The Labute approximate surface area is 154 Å². The van der Waals surface area contributed by atoms with Crippen LogP contribution in [0.15, 0.2) is 18.2 Å². The number of rotatable bonds is 7. The zero-order valence-corrected chi connectivity index (χ0v) is 15.5. The van der Waals surface area contributed by atoms with Crippen molar-refractivity contribution in [1.82, 2.24) is 10.6 Å². The number of carbonyl (C=O) groups excluding carboxylic acids is 3. The molecule has 1 aliphatic rings. The van der Waals surface area contributed by atoms with E-state index in [2.05, 4.69) is 16.0 Å². The zero-order valence-electron chi connectivity index (χ0n) is 15.5. The molecule has 0 heterocycles. The van der Waals surface area contributed by atoms with Crippen LogP contribution in [-0.2, 0) is 14.4 Å². The second kappa shape index (κ2) is 8.80. The highest BCUT2D eigenvalue weighted by molar-refractivity contribution is 5.96. The van der Waals surface area contributed by atoms with Gasteiger partial charge in [0, 0.05) is 12.2 Å². The number of amides is 3. The molecule has 1 saturated carbocycles. The lowest BCUT2D eigenvalue weighted by molar-refractivity contribution is -0.128. The smallest absolute Gasteiger partial charge is 0.239 e. The lowest BCUT2D eigenvalue weighted by atomic mass is 9.84. The van der Waals surface area contributed by atoms with Crippen LogP contribution in [0.25, 0.3) is 0 Å². The molecule has 0 spiro atoms. The van der Waals surface area contributed by atoms with Crippen molar-refractivity contribution in [3.05, 3.63) is 29.3 Å². The van der Waals surface area contributed by atoms with E-state index in [9.17, 15) is 14.4 Å². The Balaban J connectivity index is 1.97. The zero-order chi connectivity index (χ0) is 19.2. The molecule has 0 saturated heterocycles. The highest BCUT2D eigenvalue weighted by Crippen LogP contribution is 2.38. The van der Waals surface area contributed by atoms with Gasteiger partial charge in [-0.2, -0.15) is 0 Å². The highest BCUT2D eigenvalue weighted by atomic mass is 16.2. The summed E-state index contributed by atoms with van der Waals surface area (Å²) in [4.78, 5) is 36.0. The predicted molar refractivity (Wildman–Crippen MR) is 101 cm³/mol. The van der Waals surface area contributed by atoms with Crippen molar-refractivity contribution in [3.8, 4) is 0 Å². The normalized spacial score (nSPS) is 15.3. The minimum Gasteiger partial charge on any atom is -0.353 e. The number of aryl methyl sites for hydroxylation is 2. The van der Waals surface area contributed by atoms with Crippen molar-refractivity contribution < 1.29 is 14.4 Å². The Bertz CT molecular complexity index is 681. The van der Waals surface area contributed by atoms with Crippen molar-refractivity contribution in [2.24, 2.45) is 11.1 Å². The van der Waals surface area contributed by atoms with Gasteiger partial charge in [-0.15, -0.1) is 0 Å². The van der Waals surface area contributed by atoms with Gasteiger partial charge < -0.3 is 21.7 Å². The largest absolute Gasteiger partial charge is 0.353 e. The van der Waals surface area contributed by atoms with Gasteiger partial charge in [0.25, 0.3) is 0 Å². The quantitative estimate of drug-likeness (QED) is 0.581. The van der Waals surface area contributed by atoms with Gasteiger partial charge in [-0.25, -0.2) is 0 Å². The molecule has 0 bridgehead atoms. The van der Waals surface area contributed by atoms with E-state index in [4.69, 9.17) is 5.73 Å². The Morgan fingerprint density at radius 3 is 2.35 bits per heavy atom. The van der Waals surface area contributed by atoms with Crippen LogP contribution in [-0.4, -0.2) is 37.4 Å². The van der Waals surface area contributed by atoms with E-state index < -0.39 is 5.41 Å². The van der Waals surface area contributed by atoms with Crippen LogP contribution < -0.4 is 21.7 Å². The average molecular weight is 360 g/mol. The maximum Gasteiger partial charge on any atom is 0.239 e. The molecular weight excluding hydrogens is 332 g/mol. The van der Waals surface area contributed by atoms with Gasteiger partial charge in [0.1, 0.15) is 0 Å². The van der Waals surface area contributed by atoms with Gasteiger partial charge in [0.15, 0.2) is 0 Å². The maximum atomic E-state index is 12.9. The van der Waals surface area contributed by atoms with Gasteiger partial charge in [0.2, 0.25) is 17.7 Å².